The number of methoxy groups -OCH3 is 2. The number of fused-ring (bicyclic) bond motifs is 1. The Balaban J connectivity index is 1.09. The second-order valence-electron chi connectivity index (χ2n) is 10.9. The Morgan fingerprint density at radius 2 is 1.54 bits per heavy atom. The van der Waals surface area contributed by atoms with Gasteiger partial charge in [-0.3, -0.25) is 14.4 Å². The van der Waals surface area contributed by atoms with Crippen molar-refractivity contribution in [3.8, 4) is 22.8 Å². The second-order valence-corrected chi connectivity index (χ2v) is 12.8. The molecule has 0 aliphatic rings. The highest BCUT2D eigenvalue weighted by Crippen LogP contribution is 2.33. The van der Waals surface area contributed by atoms with E-state index in [-0.39, 0.29) is 17.4 Å². The number of hydrogen-bond donors (Lipinski definition) is 3. The van der Waals surface area contributed by atoms with Crippen molar-refractivity contribution in [1.82, 2.24) is 10.3 Å². The summed E-state index contributed by atoms with van der Waals surface area (Å²) >= 11 is 2.69. The first-order valence-electron chi connectivity index (χ1n) is 15.5. The monoisotopic (exact) mass is 700 g/mol. The van der Waals surface area contributed by atoms with Crippen molar-refractivity contribution >= 4 is 68.5 Å². The summed E-state index contributed by atoms with van der Waals surface area (Å²) in [4.78, 5) is 44.8. The zero-order valence-corrected chi connectivity index (χ0v) is 28.8. The number of carbonyl (C=O) groups is 3. The lowest BCUT2D eigenvalue weighted by molar-refractivity contribution is -0.114. The minimum Gasteiger partial charge on any atom is -0.493 e. The molecule has 6 aromatic rings. The molecule has 0 saturated carbocycles. The fraction of sp³-hybridized carbons (Fsp3) is 0.0769. The molecule has 1 aromatic heterocycles. The first-order chi connectivity index (χ1) is 24.4. The zero-order chi connectivity index (χ0) is 34.9. The first kappa shape index (κ1) is 34.0. The maximum atomic E-state index is 13.6. The number of ether oxygens (including phenoxy) is 2. The number of nitrogens with one attached hydrogen (secondary N) is 3. The molecule has 6 rings (SSSR count). The van der Waals surface area contributed by atoms with E-state index < -0.39 is 11.8 Å². The third kappa shape index (κ3) is 8.38. The van der Waals surface area contributed by atoms with Crippen LogP contribution >= 0.6 is 23.1 Å². The minimum absolute atomic E-state index is 0.0989. The summed E-state index contributed by atoms with van der Waals surface area (Å²) in [5.41, 5.74) is 3.42. The van der Waals surface area contributed by atoms with E-state index in [1.54, 1.807) is 56.7 Å². The van der Waals surface area contributed by atoms with Gasteiger partial charge in [0.25, 0.3) is 11.8 Å². The molecule has 5 aromatic carbocycles. The summed E-state index contributed by atoms with van der Waals surface area (Å²) in [7, 11) is 3.16. The highest BCUT2D eigenvalue weighted by molar-refractivity contribution is 8.00. The normalized spacial score (nSPS) is 11.1. The van der Waals surface area contributed by atoms with Gasteiger partial charge in [-0.25, -0.2) is 4.98 Å². The molecule has 9 nitrogen and oxygen atoms in total. The Kier molecular flexibility index (Phi) is 10.9. The molecular weight excluding hydrogens is 669 g/mol. The van der Waals surface area contributed by atoms with Crippen molar-refractivity contribution in [3.05, 3.63) is 137 Å². The van der Waals surface area contributed by atoms with Crippen LogP contribution in [-0.4, -0.2) is 42.7 Å². The lowest BCUT2D eigenvalue weighted by Crippen LogP contribution is -2.30. The smallest absolute Gasteiger partial charge is 0.272 e. The maximum Gasteiger partial charge on any atom is 0.272 e. The molecule has 0 fully saturated rings. The van der Waals surface area contributed by atoms with E-state index in [4.69, 9.17) is 9.47 Å². The highest BCUT2D eigenvalue weighted by atomic mass is 32.2. The van der Waals surface area contributed by atoms with Gasteiger partial charge in [-0.2, -0.15) is 0 Å². The van der Waals surface area contributed by atoms with E-state index in [9.17, 15) is 14.4 Å². The second kappa shape index (κ2) is 16.0. The molecule has 250 valence electrons. The van der Waals surface area contributed by atoms with Gasteiger partial charge in [0.15, 0.2) is 16.6 Å². The van der Waals surface area contributed by atoms with Gasteiger partial charge in [0.2, 0.25) is 5.91 Å². The number of benzene rings is 5. The third-order valence-corrected chi connectivity index (χ3v) is 9.33. The summed E-state index contributed by atoms with van der Waals surface area (Å²) in [5.74, 6) is 0.319. The summed E-state index contributed by atoms with van der Waals surface area (Å²) < 4.78 is 10.7. The molecule has 0 bridgehead atoms. The van der Waals surface area contributed by atoms with Gasteiger partial charge >= 0.3 is 0 Å². The molecule has 3 amide bonds. The van der Waals surface area contributed by atoms with E-state index in [0.717, 1.165) is 26.8 Å². The molecule has 50 heavy (non-hydrogen) atoms. The van der Waals surface area contributed by atoms with Gasteiger partial charge in [-0.1, -0.05) is 60.7 Å². The van der Waals surface area contributed by atoms with Crippen molar-refractivity contribution in [1.29, 1.82) is 0 Å². The number of thiazole rings is 1. The molecule has 0 unspecified atom stereocenters. The van der Waals surface area contributed by atoms with Crippen molar-refractivity contribution in [2.24, 2.45) is 0 Å². The van der Waals surface area contributed by atoms with Crippen molar-refractivity contribution < 1.29 is 23.9 Å². The number of thioether (sulfide) groups is 1. The standard InChI is InChI=1S/C39H32N4O5S2/c1-47-34-20-15-28(22-35(34)48-2)33-23-50-39(42-33)43-36(44)24-49-30-18-16-29(17-19-30)40-38(46)32(41-37(45)26-10-4-3-5-11-26)21-27-13-8-12-25-9-6-7-14-31(25)27/h3-23H,24H2,1-2H3,(H,40,46)(H,41,45)(H,42,43,44)/b32-21-. The molecule has 1 heterocycles. The fourth-order valence-corrected chi connectivity index (χ4v) is 6.51. The minimum atomic E-state index is -0.474. The van der Waals surface area contributed by atoms with Crippen molar-refractivity contribution in [2.75, 3.05) is 30.6 Å². The molecule has 0 aliphatic heterocycles. The van der Waals surface area contributed by atoms with Crippen LogP contribution in [0.5, 0.6) is 11.5 Å². The Bertz CT molecular complexity index is 2180. The lowest BCUT2D eigenvalue weighted by Gasteiger charge is -2.12. The Morgan fingerprint density at radius 1 is 0.800 bits per heavy atom. The average molecular weight is 701 g/mol. The van der Waals surface area contributed by atoms with Gasteiger partial charge in [0.05, 0.1) is 25.7 Å². The van der Waals surface area contributed by atoms with Crippen LogP contribution in [0.1, 0.15) is 15.9 Å². The first-order valence-corrected chi connectivity index (χ1v) is 17.3. The largest absolute Gasteiger partial charge is 0.493 e. The molecule has 0 saturated heterocycles. The Labute approximate surface area is 297 Å². The molecule has 0 spiro atoms. The van der Waals surface area contributed by atoms with Crippen LogP contribution < -0.4 is 25.4 Å². The predicted octanol–water partition coefficient (Wildman–Crippen LogP) is 8.12. The van der Waals surface area contributed by atoms with Crippen LogP contribution in [0.15, 0.2) is 131 Å². The van der Waals surface area contributed by atoms with E-state index >= 15 is 0 Å². The molecule has 3 N–H and O–H groups in total. The number of nitrogens with zero attached hydrogens (tertiary/aromatic N) is 1. The van der Waals surface area contributed by atoms with Crippen LogP contribution in [0.2, 0.25) is 0 Å². The van der Waals surface area contributed by atoms with E-state index in [1.807, 2.05) is 84.2 Å². The van der Waals surface area contributed by atoms with Gasteiger partial charge in [0.1, 0.15) is 5.70 Å². The van der Waals surface area contributed by atoms with Crippen LogP contribution in [0.25, 0.3) is 28.1 Å². The van der Waals surface area contributed by atoms with Crippen LogP contribution in [0.4, 0.5) is 10.8 Å². The van der Waals surface area contributed by atoms with E-state index in [2.05, 4.69) is 20.9 Å². The SMILES string of the molecule is COc1ccc(-c2csc(NC(=O)CSc3ccc(NC(=O)/C(=C/c4cccc5ccccc45)NC(=O)c4ccccc4)cc3)n2)cc1OC. The van der Waals surface area contributed by atoms with Crippen LogP contribution in [-0.2, 0) is 9.59 Å². The average Bonchev–Trinajstić information content (AvgIpc) is 3.62. The van der Waals surface area contributed by atoms with Crippen molar-refractivity contribution in [2.45, 2.75) is 4.90 Å². The van der Waals surface area contributed by atoms with Gasteiger partial charge in [0, 0.05) is 27.1 Å². The number of carbonyl (C=O) groups excluding carboxylic acids is 3. The summed E-state index contributed by atoms with van der Waals surface area (Å²) in [6.07, 6.45) is 1.68. The molecule has 0 radical (unpaired) electrons. The van der Waals surface area contributed by atoms with Gasteiger partial charge in [-0.15, -0.1) is 23.1 Å². The number of aromatic nitrogens is 1. The van der Waals surface area contributed by atoms with E-state index in [1.165, 1.54) is 23.1 Å². The predicted molar refractivity (Wildman–Crippen MR) is 201 cm³/mol. The zero-order valence-electron chi connectivity index (χ0n) is 27.1. The highest BCUT2D eigenvalue weighted by Gasteiger charge is 2.16. The summed E-state index contributed by atoms with van der Waals surface area (Å²) in [5, 5.41) is 12.9. The van der Waals surface area contributed by atoms with Gasteiger partial charge < -0.3 is 25.4 Å². The topological polar surface area (TPSA) is 119 Å². The molecule has 0 aliphatic carbocycles. The summed E-state index contributed by atoms with van der Waals surface area (Å²) in [6.45, 7) is 0. The molecule has 11 heteroatoms. The van der Waals surface area contributed by atoms with Crippen molar-refractivity contribution in [3.63, 3.8) is 0 Å². The van der Waals surface area contributed by atoms with E-state index in [0.29, 0.717) is 33.6 Å². The number of anilines is 2. The Hall–Kier alpha value is -5.91. The maximum absolute atomic E-state index is 13.6. The number of hydrogen-bond acceptors (Lipinski definition) is 8. The Morgan fingerprint density at radius 3 is 2.32 bits per heavy atom. The molecule has 0 atom stereocenters. The van der Waals surface area contributed by atoms with Gasteiger partial charge in [-0.05, 0) is 77.0 Å². The quantitative estimate of drug-likeness (QED) is 0.0872. The number of rotatable bonds is 12. The summed E-state index contributed by atoms with van der Waals surface area (Å²) in [6, 6.07) is 35.1. The third-order valence-electron chi connectivity index (χ3n) is 7.56. The molecular formula is C39H32N4O5S2. The lowest BCUT2D eigenvalue weighted by atomic mass is 10.0. The van der Waals surface area contributed by atoms with Crippen LogP contribution in [0.3, 0.4) is 0 Å². The fourth-order valence-electron chi connectivity index (χ4n) is 5.07. The van der Waals surface area contributed by atoms with Crippen LogP contribution in [0, 0.1) is 0 Å². The number of amides is 3.